The Hall–Kier alpha value is -0.900. The molecule has 2 rings (SSSR count). The van der Waals surface area contributed by atoms with Crippen LogP contribution in [0.3, 0.4) is 0 Å². The number of rotatable bonds is 1. The maximum atomic E-state index is 5.56. The molecule has 4 nitrogen and oxygen atoms in total. The van der Waals surface area contributed by atoms with Crippen LogP contribution in [0.1, 0.15) is 37.5 Å². The first-order valence-corrected chi connectivity index (χ1v) is 4.45. The van der Waals surface area contributed by atoms with E-state index in [1.165, 1.54) is 12.8 Å². The molecule has 0 aliphatic carbocycles. The minimum Gasteiger partial charge on any atom is -0.324 e. The lowest BCUT2D eigenvalue weighted by atomic mass is 10.1. The van der Waals surface area contributed by atoms with E-state index < -0.39 is 0 Å². The van der Waals surface area contributed by atoms with Gasteiger partial charge in [0.1, 0.15) is 11.6 Å². The monoisotopic (exact) mass is 166 g/mol. The van der Waals surface area contributed by atoms with Crippen LogP contribution in [-0.2, 0) is 13.0 Å². The summed E-state index contributed by atoms with van der Waals surface area (Å²) in [6.45, 7) is 2.70. The molecule has 1 aromatic rings. The molecule has 2 N–H and O–H groups in total. The molecule has 66 valence electrons. The van der Waals surface area contributed by atoms with Crippen molar-refractivity contribution in [3.05, 3.63) is 11.6 Å². The van der Waals surface area contributed by atoms with E-state index in [9.17, 15) is 0 Å². The van der Waals surface area contributed by atoms with E-state index in [0.717, 1.165) is 18.1 Å². The fourth-order valence-electron chi connectivity index (χ4n) is 1.86. The zero-order valence-corrected chi connectivity index (χ0v) is 7.32. The number of aromatic nitrogens is 3. The van der Waals surface area contributed by atoms with Gasteiger partial charge < -0.3 is 10.3 Å². The molecule has 0 bridgehead atoms. The van der Waals surface area contributed by atoms with Crippen LogP contribution in [0.15, 0.2) is 0 Å². The molecule has 0 radical (unpaired) electrons. The molecule has 0 fully saturated rings. The number of nitrogens with zero attached hydrogens (tertiary/aromatic N) is 3. The normalized spacial score (nSPS) is 22.3. The summed E-state index contributed by atoms with van der Waals surface area (Å²) in [5.41, 5.74) is 5.56. The van der Waals surface area contributed by atoms with Gasteiger partial charge in [-0.1, -0.05) is 0 Å². The summed E-state index contributed by atoms with van der Waals surface area (Å²) in [5.74, 6) is 2.03. The second kappa shape index (κ2) is 2.86. The highest BCUT2D eigenvalue weighted by atomic mass is 15.3. The first-order chi connectivity index (χ1) is 5.83. The third-order valence-corrected chi connectivity index (χ3v) is 2.48. The molecule has 1 aromatic heterocycles. The Kier molecular flexibility index (Phi) is 1.84. The molecule has 1 aliphatic rings. The Morgan fingerprint density at radius 2 is 2.42 bits per heavy atom. The largest absolute Gasteiger partial charge is 0.324 e. The highest BCUT2D eigenvalue weighted by Crippen LogP contribution is 2.23. The average molecular weight is 166 g/mol. The van der Waals surface area contributed by atoms with Crippen LogP contribution >= 0.6 is 0 Å². The number of fused-ring (bicyclic) bond motifs is 1. The van der Waals surface area contributed by atoms with Crippen LogP contribution in [0.5, 0.6) is 0 Å². The van der Waals surface area contributed by atoms with E-state index >= 15 is 0 Å². The molecular formula is C8H14N4. The van der Waals surface area contributed by atoms with Crippen LogP contribution in [0.25, 0.3) is 0 Å². The summed E-state index contributed by atoms with van der Waals surface area (Å²) in [5, 5.41) is 8.17. The van der Waals surface area contributed by atoms with Crippen molar-refractivity contribution in [1.29, 1.82) is 0 Å². The lowest BCUT2D eigenvalue weighted by molar-refractivity contribution is 0.414. The van der Waals surface area contributed by atoms with Crippen molar-refractivity contribution in [2.24, 2.45) is 5.73 Å². The van der Waals surface area contributed by atoms with Crippen LogP contribution < -0.4 is 5.73 Å². The van der Waals surface area contributed by atoms with E-state index in [1.807, 2.05) is 0 Å². The Labute approximate surface area is 71.8 Å². The van der Waals surface area contributed by atoms with Crippen molar-refractivity contribution in [1.82, 2.24) is 14.8 Å². The van der Waals surface area contributed by atoms with Crippen LogP contribution in [-0.4, -0.2) is 14.8 Å². The summed E-state index contributed by atoms with van der Waals surface area (Å²) < 4.78 is 2.18. The molecule has 0 aromatic carbocycles. The van der Waals surface area contributed by atoms with Gasteiger partial charge in [-0.05, 0) is 19.8 Å². The molecule has 0 saturated heterocycles. The fraction of sp³-hybridized carbons (Fsp3) is 0.750. The lowest BCUT2D eigenvalue weighted by Gasteiger charge is -2.21. The van der Waals surface area contributed by atoms with Crippen molar-refractivity contribution in [3.8, 4) is 0 Å². The third-order valence-electron chi connectivity index (χ3n) is 2.48. The molecule has 1 aliphatic heterocycles. The summed E-state index contributed by atoms with van der Waals surface area (Å²) in [7, 11) is 0. The van der Waals surface area contributed by atoms with Crippen LogP contribution in [0.4, 0.5) is 0 Å². The molecule has 0 spiro atoms. The summed E-state index contributed by atoms with van der Waals surface area (Å²) in [6.07, 6.45) is 3.50. The molecule has 2 heterocycles. The Morgan fingerprint density at radius 1 is 1.58 bits per heavy atom. The molecule has 1 atom stereocenters. The van der Waals surface area contributed by atoms with Gasteiger partial charge in [0.05, 0.1) is 6.54 Å². The zero-order chi connectivity index (χ0) is 8.55. The lowest BCUT2D eigenvalue weighted by Crippen LogP contribution is -2.19. The maximum Gasteiger partial charge on any atom is 0.147 e. The van der Waals surface area contributed by atoms with Gasteiger partial charge in [-0.2, -0.15) is 0 Å². The van der Waals surface area contributed by atoms with Crippen LogP contribution in [0, 0.1) is 0 Å². The fourth-order valence-corrected chi connectivity index (χ4v) is 1.86. The molecule has 12 heavy (non-hydrogen) atoms. The van der Waals surface area contributed by atoms with Gasteiger partial charge in [0.25, 0.3) is 0 Å². The molecule has 0 amide bonds. The van der Waals surface area contributed by atoms with E-state index in [2.05, 4.69) is 21.7 Å². The summed E-state index contributed by atoms with van der Waals surface area (Å²) >= 11 is 0. The number of aryl methyl sites for hydroxylation is 1. The Bertz CT molecular complexity index is 265. The predicted molar refractivity (Wildman–Crippen MR) is 45.6 cm³/mol. The van der Waals surface area contributed by atoms with Gasteiger partial charge in [-0.3, -0.25) is 0 Å². The topological polar surface area (TPSA) is 56.7 Å². The average Bonchev–Trinajstić information content (AvgIpc) is 2.49. The number of nitrogens with two attached hydrogens (primary N) is 1. The van der Waals surface area contributed by atoms with E-state index in [-0.39, 0.29) is 0 Å². The minimum absolute atomic E-state index is 0.497. The summed E-state index contributed by atoms with van der Waals surface area (Å²) in [6, 6.07) is 0.530. The molecular weight excluding hydrogens is 152 g/mol. The van der Waals surface area contributed by atoms with Crippen molar-refractivity contribution in [2.45, 2.75) is 38.8 Å². The molecule has 1 unspecified atom stereocenters. The zero-order valence-electron chi connectivity index (χ0n) is 7.32. The van der Waals surface area contributed by atoms with Crippen molar-refractivity contribution in [2.75, 3.05) is 0 Å². The van der Waals surface area contributed by atoms with Gasteiger partial charge in [-0.25, -0.2) is 0 Å². The third kappa shape index (κ3) is 1.03. The van der Waals surface area contributed by atoms with Crippen molar-refractivity contribution >= 4 is 0 Å². The maximum absolute atomic E-state index is 5.56. The predicted octanol–water partition coefficient (Wildman–Crippen LogP) is 0.634. The smallest absolute Gasteiger partial charge is 0.147 e. The standard InChI is InChI=1S/C8H14N4/c1-6-3-2-4-7-10-11-8(5-9)12(6)7/h6H,2-5,9H2,1H3. The Balaban J connectivity index is 2.43. The minimum atomic E-state index is 0.497. The first-order valence-electron chi connectivity index (χ1n) is 4.45. The van der Waals surface area contributed by atoms with E-state index in [0.29, 0.717) is 12.6 Å². The summed E-state index contributed by atoms with van der Waals surface area (Å²) in [4.78, 5) is 0. The van der Waals surface area contributed by atoms with Crippen molar-refractivity contribution < 1.29 is 0 Å². The van der Waals surface area contributed by atoms with Crippen molar-refractivity contribution in [3.63, 3.8) is 0 Å². The number of hydrogen-bond acceptors (Lipinski definition) is 3. The van der Waals surface area contributed by atoms with Gasteiger partial charge >= 0.3 is 0 Å². The second-order valence-corrected chi connectivity index (χ2v) is 3.35. The van der Waals surface area contributed by atoms with Gasteiger partial charge in [0.2, 0.25) is 0 Å². The first kappa shape index (κ1) is 7.73. The van der Waals surface area contributed by atoms with Gasteiger partial charge in [0.15, 0.2) is 0 Å². The molecule has 0 saturated carbocycles. The second-order valence-electron chi connectivity index (χ2n) is 3.35. The van der Waals surface area contributed by atoms with Crippen LogP contribution in [0.2, 0.25) is 0 Å². The van der Waals surface area contributed by atoms with Gasteiger partial charge in [-0.15, -0.1) is 10.2 Å². The highest BCUT2D eigenvalue weighted by molar-refractivity contribution is 5.01. The van der Waals surface area contributed by atoms with Gasteiger partial charge in [0, 0.05) is 12.5 Å². The Morgan fingerprint density at radius 3 is 3.17 bits per heavy atom. The quantitative estimate of drug-likeness (QED) is 0.666. The molecule has 4 heteroatoms. The SMILES string of the molecule is CC1CCCc2nnc(CN)n21. The highest BCUT2D eigenvalue weighted by Gasteiger charge is 2.20. The van der Waals surface area contributed by atoms with E-state index in [4.69, 9.17) is 5.73 Å². The number of hydrogen-bond donors (Lipinski definition) is 1. The van der Waals surface area contributed by atoms with E-state index in [1.54, 1.807) is 0 Å².